The average molecular weight is 914 g/mol. The molecule has 1 aromatic heterocycles. The number of halogens is 3. The van der Waals surface area contributed by atoms with E-state index >= 15 is 0 Å². The Balaban J connectivity index is 1.01. The second kappa shape index (κ2) is 20.3. The van der Waals surface area contributed by atoms with E-state index in [-0.39, 0.29) is 13.2 Å². The highest BCUT2D eigenvalue weighted by atomic mass is 35.5. The fourth-order valence-corrected chi connectivity index (χ4v) is 9.25. The molecule has 0 aliphatic carbocycles. The molecule has 3 heterocycles. The van der Waals surface area contributed by atoms with Crippen molar-refractivity contribution in [1.82, 2.24) is 14.8 Å². The number of ether oxygens (including phenoxy) is 3. The van der Waals surface area contributed by atoms with Crippen LogP contribution in [0.2, 0.25) is 15.1 Å². The van der Waals surface area contributed by atoms with Crippen molar-refractivity contribution in [3.8, 4) is 34.4 Å². The molecule has 330 valence electrons. The Morgan fingerprint density at radius 3 is 2.41 bits per heavy atom. The summed E-state index contributed by atoms with van der Waals surface area (Å²) in [6.07, 6.45) is 6.50. The van der Waals surface area contributed by atoms with Crippen LogP contribution in [0, 0.1) is 18.3 Å². The summed E-state index contributed by atoms with van der Waals surface area (Å²) in [7, 11) is 0. The van der Waals surface area contributed by atoms with Crippen molar-refractivity contribution in [2.45, 2.75) is 83.0 Å². The van der Waals surface area contributed by atoms with Gasteiger partial charge in [-0.15, -0.1) is 0 Å². The summed E-state index contributed by atoms with van der Waals surface area (Å²) in [5, 5.41) is 43.7. The number of aromatic nitrogens is 1. The van der Waals surface area contributed by atoms with Crippen molar-refractivity contribution >= 4 is 40.8 Å². The number of nitriles is 1. The van der Waals surface area contributed by atoms with Crippen molar-refractivity contribution in [3.63, 3.8) is 0 Å². The number of aliphatic hydroxyl groups is 2. The molecule has 14 heteroatoms. The number of aliphatic carboxylic acids is 1. The van der Waals surface area contributed by atoms with Gasteiger partial charge in [0.25, 0.3) is 0 Å². The zero-order valence-corrected chi connectivity index (χ0v) is 37.6. The van der Waals surface area contributed by atoms with Crippen LogP contribution in [0.4, 0.5) is 0 Å². The van der Waals surface area contributed by atoms with Gasteiger partial charge in [0.2, 0.25) is 0 Å². The molecule has 5 aromatic rings. The van der Waals surface area contributed by atoms with E-state index in [0.717, 1.165) is 40.7 Å². The number of nitrogens with zero attached hydrogens (tertiary/aromatic N) is 4. The largest absolute Gasteiger partial charge is 0.492 e. The molecule has 4 aromatic carbocycles. The summed E-state index contributed by atoms with van der Waals surface area (Å²) in [5.74, 6) is 0.598. The van der Waals surface area contributed by atoms with Crippen LogP contribution in [0.25, 0.3) is 11.1 Å². The van der Waals surface area contributed by atoms with Crippen LogP contribution in [0.1, 0.15) is 72.4 Å². The lowest BCUT2D eigenvalue weighted by atomic mass is 9.73. The average Bonchev–Trinajstić information content (AvgIpc) is 3.27. The molecule has 0 saturated carbocycles. The molecule has 0 bridgehead atoms. The summed E-state index contributed by atoms with van der Waals surface area (Å²) < 4.78 is 18.9. The van der Waals surface area contributed by atoms with E-state index in [9.17, 15) is 25.4 Å². The Labute approximate surface area is 383 Å². The Morgan fingerprint density at radius 2 is 1.65 bits per heavy atom. The first kappa shape index (κ1) is 46.1. The number of β-amino-alcohol motifs (C(OH)–C–C–N with tert-alkyl or cyclic N) is 1. The van der Waals surface area contributed by atoms with Gasteiger partial charge in [-0.05, 0) is 98.7 Å². The number of carboxylic acid groups (broad SMARTS) is 1. The Morgan fingerprint density at radius 1 is 0.889 bits per heavy atom. The summed E-state index contributed by atoms with van der Waals surface area (Å²) in [6.45, 7) is 6.96. The van der Waals surface area contributed by atoms with Crippen LogP contribution in [0.5, 0.6) is 17.2 Å². The number of carbonyl (C=O) groups is 1. The fraction of sp³-hybridized carbons (Fsp3) is 0.367. The second-order valence-electron chi connectivity index (χ2n) is 16.6. The molecule has 2 fully saturated rings. The zero-order chi connectivity index (χ0) is 44.7. The topological polar surface area (TPSA) is 149 Å². The summed E-state index contributed by atoms with van der Waals surface area (Å²) in [4.78, 5) is 20.3. The molecule has 11 nitrogen and oxygen atoms in total. The molecular weight excluding hydrogens is 863 g/mol. The molecule has 2 aliphatic heterocycles. The SMILES string of the molecule is Cc1c(COc2cc(OCc3cncc(C#N)c3)c(CN3CCCC[C@H]3C(=O)O)cc2Cl)cccc1-c1cccc(OCCCN2CC[C@@](O)(c3ccc(Cl)cc3)[C@](C)(O)C2)c1Cl. The van der Waals surface area contributed by atoms with Crippen molar-refractivity contribution in [3.05, 3.63) is 140 Å². The minimum absolute atomic E-state index is 0.127. The predicted molar refractivity (Wildman–Crippen MR) is 244 cm³/mol. The van der Waals surface area contributed by atoms with Gasteiger partial charge in [-0.2, -0.15) is 5.26 Å². The molecular formula is C49H51Cl3N4O7. The summed E-state index contributed by atoms with van der Waals surface area (Å²) in [6, 6.07) is 25.4. The number of hydrogen-bond donors (Lipinski definition) is 3. The van der Waals surface area contributed by atoms with Gasteiger partial charge in [0, 0.05) is 66.4 Å². The van der Waals surface area contributed by atoms with Gasteiger partial charge < -0.3 is 34.4 Å². The highest BCUT2D eigenvalue weighted by Crippen LogP contribution is 2.42. The van der Waals surface area contributed by atoms with Crippen LogP contribution in [-0.4, -0.2) is 80.5 Å². The fourth-order valence-electron chi connectivity index (χ4n) is 8.61. The first-order valence-corrected chi connectivity index (χ1v) is 22.2. The van der Waals surface area contributed by atoms with Gasteiger partial charge in [0.1, 0.15) is 53.8 Å². The summed E-state index contributed by atoms with van der Waals surface area (Å²) >= 11 is 20.0. The maximum atomic E-state index is 12.1. The van der Waals surface area contributed by atoms with Crippen molar-refractivity contribution < 1.29 is 34.3 Å². The number of hydrogen-bond acceptors (Lipinski definition) is 10. The predicted octanol–water partition coefficient (Wildman–Crippen LogP) is 9.60. The summed E-state index contributed by atoms with van der Waals surface area (Å²) in [5.41, 5.74) is 3.36. The molecule has 3 atom stereocenters. The lowest BCUT2D eigenvalue weighted by Gasteiger charge is -2.49. The van der Waals surface area contributed by atoms with Crippen LogP contribution < -0.4 is 14.2 Å². The van der Waals surface area contributed by atoms with Crippen LogP contribution in [0.3, 0.4) is 0 Å². The normalized spacial score (nSPS) is 20.5. The Hall–Kier alpha value is -4.90. The van der Waals surface area contributed by atoms with Crippen LogP contribution >= 0.6 is 34.8 Å². The van der Waals surface area contributed by atoms with Gasteiger partial charge in [-0.3, -0.25) is 14.7 Å². The highest BCUT2D eigenvalue weighted by molar-refractivity contribution is 6.35. The molecule has 63 heavy (non-hydrogen) atoms. The number of pyridine rings is 1. The minimum Gasteiger partial charge on any atom is -0.492 e. The molecule has 2 saturated heterocycles. The van der Waals surface area contributed by atoms with E-state index in [1.165, 1.54) is 6.20 Å². The van der Waals surface area contributed by atoms with Gasteiger partial charge in [0.15, 0.2) is 0 Å². The monoisotopic (exact) mass is 912 g/mol. The van der Waals surface area contributed by atoms with E-state index in [2.05, 4.69) is 16.0 Å². The quantitative estimate of drug-likeness (QED) is 0.0813. The third-order valence-electron chi connectivity index (χ3n) is 12.2. The lowest BCUT2D eigenvalue weighted by molar-refractivity contribution is -0.186. The van der Waals surface area contributed by atoms with Gasteiger partial charge in [-0.25, -0.2) is 0 Å². The van der Waals surface area contributed by atoms with Gasteiger partial charge >= 0.3 is 5.97 Å². The molecule has 0 unspecified atom stereocenters. The number of rotatable bonds is 16. The molecule has 0 amide bonds. The van der Waals surface area contributed by atoms with Gasteiger partial charge in [0.05, 0.1) is 22.2 Å². The van der Waals surface area contributed by atoms with Crippen molar-refractivity contribution in [2.75, 3.05) is 32.8 Å². The first-order chi connectivity index (χ1) is 30.3. The second-order valence-corrected chi connectivity index (χ2v) is 17.8. The minimum atomic E-state index is -1.38. The molecule has 3 N–H and O–H groups in total. The number of carboxylic acids is 1. The van der Waals surface area contributed by atoms with Gasteiger partial charge in [-0.1, -0.05) is 83.7 Å². The van der Waals surface area contributed by atoms with Crippen LogP contribution in [-0.2, 0) is 30.2 Å². The Kier molecular flexibility index (Phi) is 14.9. The number of benzene rings is 4. The highest BCUT2D eigenvalue weighted by Gasteiger charge is 2.50. The van der Waals surface area contributed by atoms with E-state index < -0.39 is 23.2 Å². The van der Waals surface area contributed by atoms with Crippen LogP contribution in [0.15, 0.2) is 91.3 Å². The first-order valence-electron chi connectivity index (χ1n) is 21.1. The smallest absolute Gasteiger partial charge is 0.320 e. The number of likely N-dealkylation sites (tertiary alicyclic amines) is 2. The molecule has 0 radical (unpaired) electrons. The third-order valence-corrected chi connectivity index (χ3v) is 13.1. The maximum absolute atomic E-state index is 12.1. The zero-order valence-electron chi connectivity index (χ0n) is 35.3. The molecule has 0 spiro atoms. The van der Waals surface area contributed by atoms with Crippen molar-refractivity contribution in [1.29, 1.82) is 5.26 Å². The molecule has 7 rings (SSSR count). The third kappa shape index (κ3) is 10.7. The number of piperidine rings is 2. The van der Waals surface area contributed by atoms with E-state index in [4.69, 9.17) is 49.0 Å². The lowest BCUT2D eigenvalue weighted by Crippen LogP contribution is -2.61. The Bertz CT molecular complexity index is 2460. The van der Waals surface area contributed by atoms with Crippen molar-refractivity contribution in [2.24, 2.45) is 0 Å². The molecule has 2 aliphatic rings. The maximum Gasteiger partial charge on any atom is 0.320 e. The van der Waals surface area contributed by atoms with E-state index in [1.54, 1.807) is 55.6 Å². The van der Waals surface area contributed by atoms with E-state index in [0.29, 0.717) is 108 Å². The standard InChI is InChI=1S/C49H51Cl3N4O7/c1-32-35(30-63-45-24-44(62-29-34-22-33(25-53)26-54-27-34)36(23-41(45)51)28-56-19-4-3-11-42(56)47(57)58)8-5-9-39(32)40-10-6-12-43(46(40)52)61-21-7-18-55-20-17-49(60,48(2,59)31-55)37-13-15-38(50)16-14-37/h5-6,8-10,12-16,22-24,26-27,42,59-60H,3-4,7,11,17-21,28-31H2,1-2H3,(H,57,58)/t42-,48+,49+/m0/s1. The van der Waals surface area contributed by atoms with E-state index in [1.807, 2.05) is 48.2 Å².